The predicted molar refractivity (Wildman–Crippen MR) is 83.5 cm³/mol. The Morgan fingerprint density at radius 1 is 1.67 bits per heavy atom. The van der Waals surface area contributed by atoms with Crippen molar-refractivity contribution in [3.05, 3.63) is 10.4 Å². The van der Waals surface area contributed by atoms with Crippen LogP contribution in [0.3, 0.4) is 0 Å². The summed E-state index contributed by atoms with van der Waals surface area (Å²) < 4.78 is 5.03. The number of thiophene rings is 1. The zero-order valence-electron chi connectivity index (χ0n) is 12.3. The summed E-state index contributed by atoms with van der Waals surface area (Å²) in [6.07, 6.45) is 2.31. The first-order valence-electron chi connectivity index (χ1n) is 7.02. The largest absolute Gasteiger partial charge is 0.462 e. The Labute approximate surface area is 128 Å². The van der Waals surface area contributed by atoms with Crippen LogP contribution in [0.1, 0.15) is 35.0 Å². The quantitative estimate of drug-likeness (QED) is 0.807. The van der Waals surface area contributed by atoms with Gasteiger partial charge in [-0.3, -0.25) is 0 Å². The van der Waals surface area contributed by atoms with Gasteiger partial charge in [0.25, 0.3) is 0 Å². The summed E-state index contributed by atoms with van der Waals surface area (Å²) in [6, 6.07) is 2.46. The minimum absolute atomic E-state index is 0.211. The van der Waals surface area contributed by atoms with Gasteiger partial charge in [-0.25, -0.2) is 4.79 Å². The Morgan fingerprint density at radius 2 is 2.43 bits per heavy atom. The minimum Gasteiger partial charge on any atom is -0.462 e. The Hall–Kier alpha value is -1.78. The molecule has 1 unspecified atom stereocenters. The van der Waals surface area contributed by atoms with Crippen LogP contribution in [0.5, 0.6) is 0 Å². The van der Waals surface area contributed by atoms with E-state index in [9.17, 15) is 4.79 Å². The Kier molecular flexibility index (Phi) is 5.04. The van der Waals surface area contributed by atoms with E-state index in [1.54, 1.807) is 6.92 Å². The molecule has 0 bridgehead atoms. The summed E-state index contributed by atoms with van der Waals surface area (Å²) in [5, 5.41) is 13.0. The summed E-state index contributed by atoms with van der Waals surface area (Å²) in [5.41, 5.74) is 6.40. The van der Waals surface area contributed by atoms with Gasteiger partial charge in [-0.1, -0.05) is 0 Å². The van der Waals surface area contributed by atoms with Crippen LogP contribution in [0.15, 0.2) is 0 Å². The molecule has 0 amide bonds. The van der Waals surface area contributed by atoms with Gasteiger partial charge in [0.1, 0.15) is 21.5 Å². The van der Waals surface area contributed by atoms with Gasteiger partial charge in [0.15, 0.2) is 0 Å². The summed E-state index contributed by atoms with van der Waals surface area (Å²) in [4.78, 5) is 14.7. The predicted octanol–water partition coefficient (Wildman–Crippen LogP) is 1.88. The van der Waals surface area contributed by atoms with E-state index in [1.165, 1.54) is 17.8 Å². The summed E-state index contributed by atoms with van der Waals surface area (Å²) in [6.45, 7) is 3.84. The van der Waals surface area contributed by atoms with E-state index in [0.717, 1.165) is 19.5 Å². The molecule has 1 aliphatic heterocycles. The molecular formula is C14H20N4O2S. The van der Waals surface area contributed by atoms with Gasteiger partial charge in [-0.15, -0.1) is 11.3 Å². The van der Waals surface area contributed by atoms with Crippen molar-refractivity contribution >= 4 is 28.0 Å². The number of rotatable bonds is 5. The van der Waals surface area contributed by atoms with E-state index in [4.69, 9.17) is 15.7 Å². The number of nitrogen functional groups attached to an aromatic ring is 1. The van der Waals surface area contributed by atoms with Gasteiger partial charge in [0, 0.05) is 12.6 Å². The first-order valence-corrected chi connectivity index (χ1v) is 7.83. The maximum Gasteiger partial charge on any atom is 0.343 e. The van der Waals surface area contributed by atoms with E-state index in [1.807, 2.05) is 6.07 Å². The Morgan fingerprint density at radius 3 is 3.00 bits per heavy atom. The molecule has 21 heavy (non-hydrogen) atoms. The summed E-state index contributed by atoms with van der Waals surface area (Å²) >= 11 is 1.21. The van der Waals surface area contributed by atoms with Crippen molar-refractivity contribution in [1.82, 2.24) is 4.90 Å². The van der Waals surface area contributed by atoms with E-state index in [0.29, 0.717) is 21.5 Å². The standard InChI is InChI=1S/C14H20N4O2S/c1-3-20-14(19)11-12(16)10(7-15)21-13(11)17-8-9-5-4-6-18(9)2/h9,17H,3-6,8,16H2,1-2H3. The average Bonchev–Trinajstić information content (AvgIpc) is 3.00. The summed E-state index contributed by atoms with van der Waals surface area (Å²) in [7, 11) is 2.09. The molecule has 0 radical (unpaired) electrons. The number of carbonyl (C=O) groups is 1. The molecule has 114 valence electrons. The first kappa shape index (κ1) is 15.6. The molecule has 2 heterocycles. The maximum absolute atomic E-state index is 12.0. The van der Waals surface area contributed by atoms with E-state index in [2.05, 4.69) is 17.3 Å². The van der Waals surface area contributed by atoms with Crippen LogP contribution in [-0.2, 0) is 4.74 Å². The molecule has 1 aliphatic rings. The maximum atomic E-state index is 12.0. The van der Waals surface area contributed by atoms with Crippen LogP contribution in [0.4, 0.5) is 10.7 Å². The third-order valence-electron chi connectivity index (χ3n) is 3.70. The van der Waals surface area contributed by atoms with Crippen molar-refractivity contribution in [3.63, 3.8) is 0 Å². The van der Waals surface area contributed by atoms with E-state index in [-0.39, 0.29) is 12.3 Å². The smallest absolute Gasteiger partial charge is 0.343 e. The zero-order valence-corrected chi connectivity index (χ0v) is 13.1. The topological polar surface area (TPSA) is 91.4 Å². The molecule has 0 aliphatic carbocycles. The molecule has 1 saturated heterocycles. The highest BCUT2D eigenvalue weighted by Crippen LogP contribution is 2.36. The van der Waals surface area contributed by atoms with E-state index < -0.39 is 5.97 Å². The lowest BCUT2D eigenvalue weighted by Gasteiger charge is -2.20. The SMILES string of the molecule is CCOC(=O)c1c(NCC2CCCN2C)sc(C#N)c1N. The van der Waals surface area contributed by atoms with Crippen LogP contribution >= 0.6 is 11.3 Å². The number of hydrogen-bond acceptors (Lipinski definition) is 7. The van der Waals surface area contributed by atoms with Crippen molar-refractivity contribution in [2.24, 2.45) is 0 Å². The van der Waals surface area contributed by atoms with Crippen molar-refractivity contribution in [3.8, 4) is 6.07 Å². The fourth-order valence-corrected chi connectivity index (χ4v) is 3.42. The summed E-state index contributed by atoms with van der Waals surface area (Å²) in [5.74, 6) is -0.477. The number of likely N-dealkylation sites (tertiary alicyclic amines) is 1. The van der Waals surface area contributed by atoms with Crippen LogP contribution in [0.25, 0.3) is 0 Å². The number of hydrogen-bond donors (Lipinski definition) is 2. The highest BCUT2D eigenvalue weighted by molar-refractivity contribution is 7.17. The lowest BCUT2D eigenvalue weighted by atomic mass is 10.2. The van der Waals surface area contributed by atoms with Gasteiger partial charge in [0.05, 0.1) is 12.3 Å². The second-order valence-corrected chi connectivity index (χ2v) is 6.06. The van der Waals surface area contributed by atoms with Crippen molar-refractivity contribution in [1.29, 1.82) is 5.26 Å². The Balaban J connectivity index is 2.17. The molecule has 0 saturated carbocycles. The average molecular weight is 308 g/mol. The third kappa shape index (κ3) is 3.28. The molecule has 2 rings (SSSR count). The van der Waals surface area contributed by atoms with E-state index >= 15 is 0 Å². The lowest BCUT2D eigenvalue weighted by Crippen LogP contribution is -2.31. The highest BCUT2D eigenvalue weighted by atomic mass is 32.1. The van der Waals surface area contributed by atoms with Crippen LogP contribution in [-0.4, -0.2) is 43.7 Å². The normalized spacial score (nSPS) is 18.4. The second-order valence-electron chi connectivity index (χ2n) is 5.04. The van der Waals surface area contributed by atoms with Crippen LogP contribution in [0, 0.1) is 11.3 Å². The van der Waals surface area contributed by atoms with Gasteiger partial charge in [-0.2, -0.15) is 5.26 Å². The molecule has 3 N–H and O–H groups in total. The molecule has 1 fully saturated rings. The molecule has 1 atom stereocenters. The third-order valence-corrected chi connectivity index (χ3v) is 4.76. The van der Waals surface area contributed by atoms with Gasteiger partial charge >= 0.3 is 5.97 Å². The van der Waals surface area contributed by atoms with Crippen molar-refractivity contribution in [2.75, 3.05) is 37.8 Å². The van der Waals surface area contributed by atoms with Crippen molar-refractivity contribution in [2.45, 2.75) is 25.8 Å². The molecule has 6 nitrogen and oxygen atoms in total. The molecule has 1 aromatic rings. The number of nitrogens with two attached hydrogens (primary N) is 1. The van der Waals surface area contributed by atoms with Gasteiger partial charge in [0.2, 0.25) is 0 Å². The fourth-order valence-electron chi connectivity index (χ4n) is 2.51. The molecule has 1 aromatic heterocycles. The molecule has 0 aromatic carbocycles. The molecule has 7 heteroatoms. The highest BCUT2D eigenvalue weighted by Gasteiger charge is 2.25. The number of ether oxygens (including phenoxy) is 1. The number of esters is 1. The first-order chi connectivity index (χ1) is 10.1. The fraction of sp³-hybridized carbons (Fsp3) is 0.571. The minimum atomic E-state index is -0.477. The Bertz CT molecular complexity index is 564. The number of likely N-dealkylation sites (N-methyl/N-ethyl adjacent to an activating group) is 1. The number of nitrogens with zero attached hydrogens (tertiary/aromatic N) is 2. The number of anilines is 2. The van der Waals surface area contributed by atoms with Crippen LogP contribution in [0.2, 0.25) is 0 Å². The number of carbonyl (C=O) groups excluding carboxylic acids is 1. The number of nitriles is 1. The van der Waals surface area contributed by atoms with Gasteiger partial charge in [-0.05, 0) is 33.4 Å². The van der Waals surface area contributed by atoms with Crippen LogP contribution < -0.4 is 11.1 Å². The second kappa shape index (κ2) is 6.78. The number of nitrogens with one attached hydrogen (secondary N) is 1. The monoisotopic (exact) mass is 308 g/mol. The van der Waals surface area contributed by atoms with Gasteiger partial charge < -0.3 is 20.7 Å². The lowest BCUT2D eigenvalue weighted by molar-refractivity contribution is 0.0529. The van der Waals surface area contributed by atoms with Crippen molar-refractivity contribution < 1.29 is 9.53 Å². The zero-order chi connectivity index (χ0) is 15.4. The molecular weight excluding hydrogens is 288 g/mol. The molecule has 0 spiro atoms.